The Morgan fingerprint density at radius 3 is 2.15 bits per heavy atom. The van der Waals surface area contributed by atoms with Crippen molar-refractivity contribution in [1.29, 1.82) is 0 Å². The van der Waals surface area contributed by atoms with E-state index in [-0.39, 0.29) is 11.4 Å². The number of rotatable bonds is 4. The van der Waals surface area contributed by atoms with Crippen molar-refractivity contribution in [3.63, 3.8) is 0 Å². The van der Waals surface area contributed by atoms with Crippen LogP contribution in [-0.2, 0) is 4.79 Å². The van der Waals surface area contributed by atoms with E-state index in [0.29, 0.717) is 11.3 Å². The quantitative estimate of drug-likeness (QED) is 0.861. The van der Waals surface area contributed by atoms with Crippen LogP contribution in [0.5, 0.6) is 5.75 Å². The van der Waals surface area contributed by atoms with Crippen molar-refractivity contribution in [2.24, 2.45) is 0 Å². The van der Waals surface area contributed by atoms with Crippen molar-refractivity contribution in [3.8, 4) is 5.75 Å². The van der Waals surface area contributed by atoms with Gasteiger partial charge in [0.2, 0.25) is 0 Å². The zero-order valence-corrected chi connectivity index (χ0v) is 13.0. The van der Waals surface area contributed by atoms with Crippen LogP contribution in [0.15, 0.2) is 12.1 Å². The van der Waals surface area contributed by atoms with Gasteiger partial charge in [0.05, 0.1) is 0 Å². The average molecular weight is 277 g/mol. The molecule has 1 atom stereocenters. The zero-order chi connectivity index (χ0) is 15.5. The van der Waals surface area contributed by atoms with Crippen LogP contribution >= 0.6 is 0 Å². The zero-order valence-electron chi connectivity index (χ0n) is 13.0. The summed E-state index contributed by atoms with van der Waals surface area (Å²) in [5.74, 6) is 0.503. The topological polar surface area (TPSA) is 55.4 Å². The minimum Gasteiger partial charge on any atom is -0.480 e. The highest BCUT2D eigenvalue weighted by atomic mass is 16.5. The first-order chi connectivity index (χ1) is 9.14. The second kappa shape index (κ2) is 6.07. The van der Waals surface area contributed by atoms with Crippen LogP contribution in [0, 0.1) is 13.8 Å². The lowest BCUT2D eigenvalue weighted by molar-refractivity contribution is -0.128. The summed E-state index contributed by atoms with van der Waals surface area (Å²) in [6.07, 6.45) is 0.216. The van der Waals surface area contributed by atoms with Gasteiger partial charge in [0.1, 0.15) is 12.0 Å². The van der Waals surface area contributed by atoms with Crippen molar-refractivity contribution < 1.29 is 14.3 Å². The number of amides is 1. The highest BCUT2D eigenvalue weighted by molar-refractivity contribution is 5.81. The molecule has 4 nitrogen and oxygen atoms in total. The molecule has 0 radical (unpaired) electrons. The van der Waals surface area contributed by atoms with Crippen LogP contribution in [0.25, 0.3) is 0 Å². The Kier molecular flexibility index (Phi) is 4.93. The molecule has 0 saturated heterocycles. The predicted molar refractivity (Wildman–Crippen MR) is 79.3 cm³/mol. The van der Waals surface area contributed by atoms with Crippen molar-refractivity contribution in [1.82, 2.24) is 5.32 Å². The van der Waals surface area contributed by atoms with Gasteiger partial charge in [-0.2, -0.15) is 0 Å². The largest absolute Gasteiger partial charge is 0.480 e. The van der Waals surface area contributed by atoms with Gasteiger partial charge in [0.15, 0.2) is 6.10 Å². The second-order valence-corrected chi connectivity index (χ2v) is 6.10. The minimum absolute atomic E-state index is 0.157. The smallest absolute Gasteiger partial charge is 0.261 e. The van der Waals surface area contributed by atoms with Crippen LogP contribution in [0.4, 0.5) is 0 Å². The summed E-state index contributed by atoms with van der Waals surface area (Å²) < 4.78 is 5.76. The molecule has 1 rings (SSSR count). The third-order valence-corrected chi connectivity index (χ3v) is 2.78. The lowest BCUT2D eigenvalue weighted by Gasteiger charge is -2.24. The average Bonchev–Trinajstić information content (AvgIpc) is 2.30. The summed E-state index contributed by atoms with van der Waals surface area (Å²) in [5.41, 5.74) is 2.02. The lowest BCUT2D eigenvalue weighted by atomic mass is 10.1. The summed E-state index contributed by atoms with van der Waals surface area (Å²) in [7, 11) is 0. The predicted octanol–water partition coefficient (Wildman–Crippen LogP) is 2.80. The number of hydrogen-bond donors (Lipinski definition) is 1. The third kappa shape index (κ3) is 4.37. The van der Waals surface area contributed by atoms with Crippen LogP contribution in [0.3, 0.4) is 0 Å². The summed E-state index contributed by atoms with van der Waals surface area (Å²) in [6.45, 7) is 11.2. The van der Waals surface area contributed by atoms with Crippen LogP contribution in [0.2, 0.25) is 0 Å². The molecule has 0 aliphatic carbocycles. The molecule has 0 aliphatic heterocycles. The number of nitrogens with one attached hydrogen (secondary N) is 1. The van der Waals surface area contributed by atoms with E-state index >= 15 is 0 Å². The molecule has 1 N–H and O–H groups in total. The van der Waals surface area contributed by atoms with E-state index < -0.39 is 6.10 Å². The Bertz CT molecular complexity index is 492. The molecule has 0 aliphatic rings. The van der Waals surface area contributed by atoms with Gasteiger partial charge in [-0.25, -0.2) is 0 Å². The first-order valence-electron chi connectivity index (χ1n) is 6.69. The van der Waals surface area contributed by atoms with Gasteiger partial charge in [-0.15, -0.1) is 0 Å². The molecule has 0 aromatic heterocycles. The van der Waals surface area contributed by atoms with Gasteiger partial charge in [-0.05, 0) is 64.8 Å². The van der Waals surface area contributed by atoms with Gasteiger partial charge in [-0.3, -0.25) is 9.59 Å². The van der Waals surface area contributed by atoms with Crippen molar-refractivity contribution >= 4 is 12.2 Å². The highest BCUT2D eigenvalue weighted by Crippen LogP contribution is 2.25. The fourth-order valence-corrected chi connectivity index (χ4v) is 1.94. The van der Waals surface area contributed by atoms with Crippen molar-refractivity contribution in [2.75, 3.05) is 0 Å². The molecular weight excluding hydrogens is 254 g/mol. The standard InChI is InChI=1S/C16H23NO3/c1-10-7-13(9-18)8-11(2)14(10)20-12(3)15(19)17-16(4,5)6/h7-9,12H,1-6H3,(H,17,19). The summed E-state index contributed by atoms with van der Waals surface area (Å²) in [6, 6.07) is 3.51. The van der Waals surface area contributed by atoms with Gasteiger partial charge in [-0.1, -0.05) is 0 Å². The fraction of sp³-hybridized carbons (Fsp3) is 0.500. The normalized spacial score (nSPS) is 12.7. The Labute approximate surface area is 120 Å². The van der Waals surface area contributed by atoms with E-state index in [9.17, 15) is 9.59 Å². The van der Waals surface area contributed by atoms with E-state index in [1.807, 2.05) is 34.6 Å². The number of aldehydes is 1. The van der Waals surface area contributed by atoms with E-state index in [1.54, 1.807) is 19.1 Å². The monoisotopic (exact) mass is 277 g/mol. The molecule has 0 bridgehead atoms. The number of benzene rings is 1. The molecule has 0 saturated carbocycles. The highest BCUT2D eigenvalue weighted by Gasteiger charge is 2.21. The van der Waals surface area contributed by atoms with Gasteiger partial charge >= 0.3 is 0 Å². The van der Waals surface area contributed by atoms with Gasteiger partial charge in [0.25, 0.3) is 5.91 Å². The third-order valence-electron chi connectivity index (χ3n) is 2.78. The summed E-state index contributed by atoms with van der Waals surface area (Å²) in [5, 5.41) is 2.88. The fourth-order valence-electron chi connectivity index (χ4n) is 1.94. The van der Waals surface area contributed by atoms with Crippen LogP contribution in [0.1, 0.15) is 49.2 Å². The summed E-state index contributed by atoms with van der Waals surface area (Å²) in [4.78, 5) is 22.8. The molecule has 0 fully saturated rings. The molecular formula is C16H23NO3. The Morgan fingerprint density at radius 2 is 1.75 bits per heavy atom. The first-order valence-corrected chi connectivity index (χ1v) is 6.69. The molecule has 20 heavy (non-hydrogen) atoms. The van der Waals surface area contributed by atoms with Crippen molar-refractivity contribution in [3.05, 3.63) is 28.8 Å². The maximum absolute atomic E-state index is 12.0. The van der Waals surface area contributed by atoms with E-state index in [1.165, 1.54) is 0 Å². The van der Waals surface area contributed by atoms with E-state index in [2.05, 4.69) is 5.32 Å². The molecule has 1 aromatic rings. The molecule has 1 unspecified atom stereocenters. The SMILES string of the molecule is Cc1cc(C=O)cc(C)c1OC(C)C(=O)NC(C)(C)C. The molecule has 0 heterocycles. The minimum atomic E-state index is -0.589. The second-order valence-electron chi connectivity index (χ2n) is 6.10. The van der Waals surface area contributed by atoms with Crippen LogP contribution < -0.4 is 10.1 Å². The Balaban J connectivity index is 2.88. The summed E-state index contributed by atoms with van der Waals surface area (Å²) >= 11 is 0. The Hall–Kier alpha value is -1.84. The number of ether oxygens (including phenoxy) is 1. The molecule has 0 spiro atoms. The maximum atomic E-state index is 12.0. The maximum Gasteiger partial charge on any atom is 0.261 e. The Morgan fingerprint density at radius 1 is 1.25 bits per heavy atom. The number of hydrogen-bond acceptors (Lipinski definition) is 3. The van der Waals surface area contributed by atoms with Crippen molar-refractivity contribution in [2.45, 2.75) is 53.2 Å². The van der Waals surface area contributed by atoms with E-state index in [0.717, 1.165) is 17.4 Å². The number of carbonyl (C=O) groups is 2. The number of carbonyl (C=O) groups excluding carboxylic acids is 2. The van der Waals surface area contributed by atoms with Gasteiger partial charge < -0.3 is 10.1 Å². The number of aryl methyl sites for hydroxylation is 2. The lowest BCUT2D eigenvalue weighted by Crippen LogP contribution is -2.46. The van der Waals surface area contributed by atoms with E-state index in [4.69, 9.17) is 4.74 Å². The molecule has 110 valence electrons. The van der Waals surface area contributed by atoms with Gasteiger partial charge in [0, 0.05) is 11.1 Å². The van der Waals surface area contributed by atoms with Crippen LogP contribution in [-0.4, -0.2) is 23.8 Å². The first kappa shape index (κ1) is 16.2. The molecule has 1 amide bonds. The molecule has 4 heteroatoms. The molecule has 1 aromatic carbocycles.